The highest BCUT2D eigenvalue weighted by atomic mass is 32.2. The van der Waals surface area contributed by atoms with Crippen LogP contribution in [0, 0.1) is 12.7 Å². The van der Waals surface area contributed by atoms with Gasteiger partial charge in [-0.25, -0.2) is 12.8 Å². The molecule has 0 aliphatic carbocycles. The summed E-state index contributed by atoms with van der Waals surface area (Å²) in [7, 11) is -3.72. The second-order valence-corrected chi connectivity index (χ2v) is 8.97. The molecule has 3 aromatic rings. The van der Waals surface area contributed by atoms with E-state index in [2.05, 4.69) is 14.9 Å². The second kappa shape index (κ2) is 7.02. The lowest BCUT2D eigenvalue weighted by atomic mass is 10.1. The Kier molecular flexibility index (Phi) is 4.70. The summed E-state index contributed by atoms with van der Waals surface area (Å²) in [6.07, 6.45) is 0.641. The predicted molar refractivity (Wildman–Crippen MR) is 98.4 cm³/mol. The second-order valence-electron chi connectivity index (χ2n) is 6.14. The lowest BCUT2D eigenvalue weighted by Gasteiger charge is -2.12. The van der Waals surface area contributed by atoms with Crippen molar-refractivity contribution in [3.05, 3.63) is 51.9 Å². The summed E-state index contributed by atoms with van der Waals surface area (Å²) < 4.78 is 51.8. The molecule has 1 aliphatic rings. The average Bonchev–Trinajstić information content (AvgIpc) is 3.19. The number of aryl methyl sites for hydroxylation is 1. The largest absolute Gasteiger partial charge is 0.376 e. The van der Waals surface area contributed by atoms with Gasteiger partial charge < -0.3 is 9.26 Å². The molecular formula is C17H16FN3O4S2. The number of sulfonamides is 1. The van der Waals surface area contributed by atoms with Gasteiger partial charge >= 0.3 is 0 Å². The third kappa shape index (κ3) is 3.87. The van der Waals surface area contributed by atoms with Crippen LogP contribution < -0.4 is 4.72 Å². The summed E-state index contributed by atoms with van der Waals surface area (Å²) in [5.74, 6) is 0.0712. The Labute approximate surface area is 159 Å². The molecule has 1 aromatic carbocycles. The zero-order valence-electron chi connectivity index (χ0n) is 14.4. The van der Waals surface area contributed by atoms with E-state index in [9.17, 15) is 12.8 Å². The van der Waals surface area contributed by atoms with Crippen molar-refractivity contribution in [1.82, 2.24) is 10.1 Å². The molecule has 4 rings (SSSR count). The zero-order chi connectivity index (χ0) is 19.0. The maximum absolute atomic E-state index is 13.0. The molecule has 0 radical (unpaired) electrons. The number of nitrogens with one attached hydrogen (secondary N) is 1. The van der Waals surface area contributed by atoms with Gasteiger partial charge in [-0.05, 0) is 36.6 Å². The fourth-order valence-corrected chi connectivity index (χ4v) is 5.57. The highest BCUT2D eigenvalue weighted by molar-refractivity contribution is 7.92. The molecule has 3 heterocycles. The van der Waals surface area contributed by atoms with Crippen LogP contribution in [0.5, 0.6) is 0 Å². The summed E-state index contributed by atoms with van der Waals surface area (Å²) in [4.78, 5) is 5.19. The van der Waals surface area contributed by atoms with E-state index in [1.165, 1.54) is 35.6 Å². The number of thiophene rings is 1. The molecule has 0 bridgehead atoms. The summed E-state index contributed by atoms with van der Waals surface area (Å²) in [6, 6.07) is 5.37. The van der Waals surface area contributed by atoms with Crippen molar-refractivity contribution in [1.29, 1.82) is 0 Å². The van der Waals surface area contributed by atoms with E-state index in [4.69, 9.17) is 9.26 Å². The van der Waals surface area contributed by atoms with Gasteiger partial charge in [0.15, 0.2) is 5.82 Å². The molecule has 142 valence electrons. The van der Waals surface area contributed by atoms with Gasteiger partial charge in [0.1, 0.15) is 10.8 Å². The topological polar surface area (TPSA) is 94.3 Å². The van der Waals surface area contributed by atoms with Gasteiger partial charge in [-0.2, -0.15) is 4.98 Å². The lowest BCUT2D eigenvalue weighted by Crippen LogP contribution is -2.15. The first-order chi connectivity index (χ1) is 12.9. The molecule has 0 saturated heterocycles. The Morgan fingerprint density at radius 2 is 2.07 bits per heavy atom. The number of hydrogen-bond acceptors (Lipinski definition) is 7. The third-order valence-corrected chi connectivity index (χ3v) is 6.56. The van der Waals surface area contributed by atoms with Crippen molar-refractivity contribution >= 4 is 26.4 Å². The van der Waals surface area contributed by atoms with Gasteiger partial charge in [0.2, 0.25) is 10.0 Å². The highest BCUT2D eigenvalue weighted by Crippen LogP contribution is 2.43. The van der Waals surface area contributed by atoms with Crippen LogP contribution in [0.1, 0.15) is 21.8 Å². The Morgan fingerprint density at radius 3 is 2.78 bits per heavy atom. The summed E-state index contributed by atoms with van der Waals surface area (Å²) >= 11 is 1.30. The molecule has 27 heavy (non-hydrogen) atoms. The number of aromatic nitrogens is 2. The Morgan fingerprint density at radius 1 is 1.30 bits per heavy atom. The first-order valence-electron chi connectivity index (χ1n) is 8.19. The van der Waals surface area contributed by atoms with Crippen LogP contribution in [0.2, 0.25) is 0 Å². The van der Waals surface area contributed by atoms with Crippen molar-refractivity contribution < 1.29 is 22.1 Å². The number of hydrogen-bond donors (Lipinski definition) is 1. The van der Waals surface area contributed by atoms with E-state index in [1.807, 2.05) is 0 Å². The van der Waals surface area contributed by atoms with Crippen molar-refractivity contribution in [2.24, 2.45) is 0 Å². The van der Waals surface area contributed by atoms with E-state index in [0.717, 1.165) is 10.4 Å². The minimum absolute atomic E-state index is 0.269. The molecule has 0 amide bonds. The maximum atomic E-state index is 13.0. The number of fused-ring (bicyclic) bond motifs is 1. The summed E-state index contributed by atoms with van der Waals surface area (Å²) in [6.45, 7) is 2.67. The monoisotopic (exact) mass is 409 g/mol. The van der Waals surface area contributed by atoms with Crippen LogP contribution in [0.15, 0.2) is 28.8 Å². The van der Waals surface area contributed by atoms with Gasteiger partial charge in [0.25, 0.3) is 5.89 Å². The number of rotatable bonds is 5. The molecule has 10 heteroatoms. The van der Waals surface area contributed by atoms with Crippen LogP contribution in [-0.4, -0.2) is 25.2 Å². The standard InChI is InChI=1S/C17H16FN3O4S2/c1-10-19-16(25-20-10)15-13-6-7-24-8-14(13)26-17(15)21-27(22,23)9-11-2-4-12(18)5-3-11/h2-5,21H,6-9H2,1H3. The van der Waals surface area contributed by atoms with Crippen LogP contribution in [0.3, 0.4) is 0 Å². The fraction of sp³-hybridized carbons (Fsp3) is 0.294. The van der Waals surface area contributed by atoms with Gasteiger partial charge in [-0.3, -0.25) is 4.72 Å². The molecule has 1 aliphatic heterocycles. The van der Waals surface area contributed by atoms with Gasteiger partial charge in [0, 0.05) is 4.88 Å². The molecular weight excluding hydrogens is 393 g/mol. The molecule has 7 nitrogen and oxygen atoms in total. The Bertz CT molecular complexity index is 1070. The van der Waals surface area contributed by atoms with E-state index in [1.54, 1.807) is 6.92 Å². The van der Waals surface area contributed by atoms with Gasteiger partial charge in [-0.1, -0.05) is 17.3 Å². The van der Waals surface area contributed by atoms with Crippen molar-refractivity contribution in [3.63, 3.8) is 0 Å². The third-order valence-electron chi connectivity index (χ3n) is 4.08. The minimum atomic E-state index is -3.72. The van der Waals surface area contributed by atoms with Crippen LogP contribution in [-0.2, 0) is 33.5 Å². The van der Waals surface area contributed by atoms with Gasteiger partial charge in [0.05, 0.1) is 24.5 Å². The van der Waals surface area contributed by atoms with Crippen molar-refractivity contribution in [3.8, 4) is 11.5 Å². The van der Waals surface area contributed by atoms with E-state index >= 15 is 0 Å². The van der Waals surface area contributed by atoms with Crippen LogP contribution in [0.4, 0.5) is 9.39 Å². The SMILES string of the molecule is Cc1noc(-c2c(NS(=O)(=O)Cc3ccc(F)cc3)sc3c2CCOC3)n1. The van der Waals surface area contributed by atoms with E-state index in [0.29, 0.717) is 41.6 Å². The quantitative estimate of drug-likeness (QED) is 0.695. The van der Waals surface area contributed by atoms with Gasteiger partial charge in [-0.15, -0.1) is 11.3 Å². The van der Waals surface area contributed by atoms with Crippen LogP contribution >= 0.6 is 11.3 Å². The van der Waals surface area contributed by atoms with E-state index < -0.39 is 15.8 Å². The molecule has 0 fully saturated rings. The maximum Gasteiger partial charge on any atom is 0.261 e. The van der Waals surface area contributed by atoms with Crippen molar-refractivity contribution in [2.75, 3.05) is 11.3 Å². The highest BCUT2D eigenvalue weighted by Gasteiger charge is 2.28. The lowest BCUT2D eigenvalue weighted by molar-refractivity contribution is 0.113. The average molecular weight is 409 g/mol. The smallest absolute Gasteiger partial charge is 0.261 e. The zero-order valence-corrected chi connectivity index (χ0v) is 16.0. The molecule has 1 N–H and O–H groups in total. The number of halogens is 1. The number of ether oxygens (including phenoxy) is 1. The Balaban J connectivity index is 1.68. The Hall–Kier alpha value is -2.30. The molecule has 0 unspecified atom stereocenters. The number of anilines is 1. The first-order valence-corrected chi connectivity index (χ1v) is 10.7. The summed E-state index contributed by atoms with van der Waals surface area (Å²) in [5, 5.41) is 4.24. The predicted octanol–water partition coefficient (Wildman–Crippen LogP) is 3.26. The molecule has 0 saturated carbocycles. The van der Waals surface area contributed by atoms with Crippen molar-refractivity contribution in [2.45, 2.75) is 25.7 Å². The minimum Gasteiger partial charge on any atom is -0.376 e. The summed E-state index contributed by atoms with van der Waals surface area (Å²) in [5.41, 5.74) is 2.07. The van der Waals surface area contributed by atoms with E-state index in [-0.39, 0.29) is 11.6 Å². The normalized spacial score (nSPS) is 14.1. The molecule has 2 aromatic heterocycles. The molecule has 0 atom stereocenters. The number of benzene rings is 1. The fourth-order valence-electron chi connectivity index (χ4n) is 2.91. The number of nitrogens with zero attached hydrogens (tertiary/aromatic N) is 2. The first kappa shape index (κ1) is 18.1. The molecule has 0 spiro atoms. The van der Waals surface area contributed by atoms with Crippen LogP contribution in [0.25, 0.3) is 11.5 Å².